The lowest BCUT2D eigenvalue weighted by Gasteiger charge is -2.26. The minimum Gasteiger partial charge on any atom is -0.383 e. The Morgan fingerprint density at radius 2 is 2.00 bits per heavy atom. The first-order valence-electron chi connectivity index (χ1n) is 8.45. The molecular weight excluding hydrogens is 388 g/mol. The van der Waals surface area contributed by atoms with Crippen molar-refractivity contribution in [1.29, 1.82) is 0 Å². The number of anilines is 1. The number of nitrogens with one attached hydrogen (secondary N) is 2. The summed E-state index contributed by atoms with van der Waals surface area (Å²) >= 11 is 7.21. The zero-order valence-electron chi connectivity index (χ0n) is 15.5. The number of carbonyl (C=O) groups excluding carboxylic acids is 2. The van der Waals surface area contributed by atoms with Crippen LogP contribution in [-0.4, -0.2) is 48.1 Å². The molecule has 0 bridgehead atoms. The Morgan fingerprint density at radius 1 is 1.30 bits per heavy atom. The monoisotopic (exact) mass is 410 g/mol. The molecular formula is C18H23ClN4O3S. The minimum atomic E-state index is -0.253. The topological polar surface area (TPSA) is 83.6 Å². The second-order valence-electron chi connectivity index (χ2n) is 6.03. The molecule has 146 valence electrons. The zero-order chi connectivity index (χ0) is 19.8. The molecule has 9 heteroatoms. The number of aromatic nitrogens is 1. The average Bonchev–Trinajstić information content (AvgIpc) is 3.10. The van der Waals surface area contributed by atoms with Crippen LogP contribution in [0.15, 0.2) is 29.6 Å². The van der Waals surface area contributed by atoms with Crippen LogP contribution in [0.2, 0.25) is 5.02 Å². The highest BCUT2D eigenvalue weighted by Crippen LogP contribution is 2.17. The molecule has 0 atom stereocenters. The SMILES string of the molecule is COCCNC(=O)c1csc(CN(C(=O)Nc2ccc(Cl)cc2)C(C)C)n1. The van der Waals surface area contributed by atoms with E-state index < -0.39 is 0 Å². The van der Waals surface area contributed by atoms with E-state index in [4.69, 9.17) is 16.3 Å². The highest BCUT2D eigenvalue weighted by Gasteiger charge is 2.20. The highest BCUT2D eigenvalue weighted by atomic mass is 35.5. The molecule has 2 aromatic rings. The molecule has 0 spiro atoms. The van der Waals surface area contributed by atoms with Gasteiger partial charge < -0.3 is 20.3 Å². The zero-order valence-corrected chi connectivity index (χ0v) is 17.1. The third-order valence-corrected chi connectivity index (χ3v) is 4.75. The number of rotatable bonds is 8. The minimum absolute atomic E-state index is 0.0415. The average molecular weight is 411 g/mol. The van der Waals surface area contributed by atoms with Gasteiger partial charge in [0.1, 0.15) is 10.7 Å². The van der Waals surface area contributed by atoms with E-state index in [2.05, 4.69) is 15.6 Å². The second kappa shape index (κ2) is 10.2. The number of methoxy groups -OCH3 is 1. The van der Waals surface area contributed by atoms with Gasteiger partial charge in [-0.05, 0) is 38.1 Å². The molecule has 2 rings (SSSR count). The summed E-state index contributed by atoms with van der Waals surface area (Å²) in [6, 6.07) is 6.63. The van der Waals surface area contributed by atoms with Gasteiger partial charge in [-0.1, -0.05) is 11.6 Å². The first kappa shape index (κ1) is 21.1. The normalized spacial score (nSPS) is 10.7. The molecule has 0 saturated heterocycles. The van der Waals surface area contributed by atoms with Gasteiger partial charge in [-0.2, -0.15) is 0 Å². The highest BCUT2D eigenvalue weighted by molar-refractivity contribution is 7.09. The van der Waals surface area contributed by atoms with E-state index >= 15 is 0 Å². The number of ether oxygens (including phenoxy) is 1. The molecule has 1 aromatic heterocycles. The van der Waals surface area contributed by atoms with E-state index in [-0.39, 0.29) is 18.0 Å². The Bertz CT molecular complexity index is 764. The van der Waals surface area contributed by atoms with Crippen LogP contribution >= 0.6 is 22.9 Å². The molecule has 0 aliphatic heterocycles. The summed E-state index contributed by atoms with van der Waals surface area (Å²) in [5.74, 6) is -0.253. The number of halogens is 1. The van der Waals surface area contributed by atoms with Crippen molar-refractivity contribution in [2.24, 2.45) is 0 Å². The van der Waals surface area contributed by atoms with Crippen LogP contribution in [-0.2, 0) is 11.3 Å². The number of hydrogen-bond acceptors (Lipinski definition) is 5. The van der Waals surface area contributed by atoms with Crippen LogP contribution < -0.4 is 10.6 Å². The number of carbonyl (C=O) groups is 2. The predicted octanol–water partition coefficient (Wildman–Crippen LogP) is 3.62. The summed E-state index contributed by atoms with van der Waals surface area (Å²) in [6.45, 7) is 5.02. The molecule has 2 N–H and O–H groups in total. The lowest BCUT2D eigenvalue weighted by Crippen LogP contribution is -2.39. The number of thiazole rings is 1. The molecule has 0 radical (unpaired) electrons. The first-order valence-corrected chi connectivity index (χ1v) is 9.71. The van der Waals surface area contributed by atoms with Crippen LogP contribution in [0.25, 0.3) is 0 Å². The Labute approximate surface area is 167 Å². The lowest BCUT2D eigenvalue weighted by atomic mass is 10.3. The van der Waals surface area contributed by atoms with Crippen LogP contribution in [0.4, 0.5) is 10.5 Å². The predicted molar refractivity (Wildman–Crippen MR) is 107 cm³/mol. The Morgan fingerprint density at radius 3 is 2.63 bits per heavy atom. The van der Waals surface area contributed by atoms with E-state index in [0.29, 0.717) is 41.1 Å². The summed E-state index contributed by atoms with van der Waals surface area (Å²) in [6.07, 6.45) is 0. The number of amides is 3. The number of nitrogens with zero attached hydrogens (tertiary/aromatic N) is 2. The molecule has 7 nitrogen and oxygen atoms in total. The standard InChI is InChI=1S/C18H23ClN4O3S/c1-12(2)23(18(25)21-14-6-4-13(19)5-7-14)10-16-22-15(11-27-16)17(24)20-8-9-26-3/h4-7,11-12H,8-10H2,1-3H3,(H,20,24)(H,21,25). The van der Waals surface area contributed by atoms with Gasteiger partial charge in [0.2, 0.25) is 0 Å². The third kappa shape index (κ3) is 6.50. The molecule has 1 aromatic carbocycles. The summed E-state index contributed by atoms with van der Waals surface area (Å²) in [5, 5.41) is 8.55. The van der Waals surface area contributed by atoms with Gasteiger partial charge in [0, 0.05) is 35.8 Å². The fraction of sp³-hybridized carbons (Fsp3) is 0.389. The molecule has 27 heavy (non-hydrogen) atoms. The summed E-state index contributed by atoms with van der Waals surface area (Å²) < 4.78 is 4.90. The van der Waals surface area contributed by atoms with Crippen molar-refractivity contribution in [2.75, 3.05) is 25.6 Å². The van der Waals surface area contributed by atoms with Gasteiger partial charge >= 0.3 is 6.03 Å². The Kier molecular flexibility index (Phi) is 8.02. The smallest absolute Gasteiger partial charge is 0.322 e. The van der Waals surface area contributed by atoms with Crippen LogP contribution in [0.1, 0.15) is 29.3 Å². The van der Waals surface area contributed by atoms with Gasteiger partial charge in [-0.3, -0.25) is 4.79 Å². The van der Waals surface area contributed by atoms with Gasteiger partial charge in [0.15, 0.2) is 0 Å². The van der Waals surface area contributed by atoms with Gasteiger partial charge in [0.25, 0.3) is 5.91 Å². The quantitative estimate of drug-likeness (QED) is 0.651. The lowest BCUT2D eigenvalue weighted by molar-refractivity contribution is 0.0932. The second-order valence-corrected chi connectivity index (χ2v) is 7.41. The van der Waals surface area contributed by atoms with Gasteiger partial charge in [0.05, 0.1) is 13.2 Å². The molecule has 0 saturated carbocycles. The maximum atomic E-state index is 12.6. The summed E-state index contributed by atoms with van der Waals surface area (Å²) in [7, 11) is 1.57. The van der Waals surface area contributed by atoms with Crippen molar-refractivity contribution in [3.63, 3.8) is 0 Å². The largest absolute Gasteiger partial charge is 0.383 e. The van der Waals surface area contributed by atoms with E-state index in [1.807, 2.05) is 13.8 Å². The van der Waals surface area contributed by atoms with Gasteiger partial charge in [-0.25, -0.2) is 9.78 Å². The molecule has 1 heterocycles. The summed E-state index contributed by atoms with van der Waals surface area (Å²) in [4.78, 5) is 30.6. The number of hydrogen-bond donors (Lipinski definition) is 2. The van der Waals surface area contributed by atoms with E-state index in [9.17, 15) is 9.59 Å². The molecule has 3 amide bonds. The van der Waals surface area contributed by atoms with Crippen LogP contribution in [0.3, 0.4) is 0 Å². The fourth-order valence-corrected chi connectivity index (χ4v) is 3.11. The van der Waals surface area contributed by atoms with E-state index in [1.54, 1.807) is 41.7 Å². The van der Waals surface area contributed by atoms with Crippen molar-refractivity contribution in [2.45, 2.75) is 26.4 Å². The van der Waals surface area contributed by atoms with Crippen LogP contribution in [0, 0.1) is 0 Å². The Balaban J connectivity index is 2.00. The molecule has 0 unspecified atom stereocenters. The van der Waals surface area contributed by atoms with Crippen molar-refractivity contribution in [1.82, 2.24) is 15.2 Å². The van der Waals surface area contributed by atoms with E-state index in [1.165, 1.54) is 11.3 Å². The molecule has 0 aliphatic carbocycles. The molecule has 0 fully saturated rings. The number of benzene rings is 1. The first-order chi connectivity index (χ1) is 12.9. The van der Waals surface area contributed by atoms with Crippen LogP contribution in [0.5, 0.6) is 0 Å². The maximum Gasteiger partial charge on any atom is 0.322 e. The summed E-state index contributed by atoms with van der Waals surface area (Å²) in [5.41, 5.74) is 1.00. The van der Waals surface area contributed by atoms with Crippen molar-refractivity contribution in [3.8, 4) is 0 Å². The number of urea groups is 1. The van der Waals surface area contributed by atoms with Crippen molar-refractivity contribution < 1.29 is 14.3 Å². The van der Waals surface area contributed by atoms with Crippen molar-refractivity contribution >= 4 is 40.6 Å². The van der Waals surface area contributed by atoms with Crippen molar-refractivity contribution in [3.05, 3.63) is 45.4 Å². The third-order valence-electron chi connectivity index (χ3n) is 3.66. The maximum absolute atomic E-state index is 12.6. The Hall–Kier alpha value is -2.16. The van der Waals surface area contributed by atoms with E-state index in [0.717, 1.165) is 0 Å². The van der Waals surface area contributed by atoms with Gasteiger partial charge in [-0.15, -0.1) is 11.3 Å². The fourth-order valence-electron chi connectivity index (χ4n) is 2.21. The molecule has 0 aliphatic rings.